The Morgan fingerprint density at radius 2 is 1.86 bits per heavy atom. The summed E-state index contributed by atoms with van der Waals surface area (Å²) in [6.45, 7) is 7.59. The van der Waals surface area contributed by atoms with Gasteiger partial charge in [0.1, 0.15) is 5.75 Å². The molecule has 1 heterocycles. The van der Waals surface area contributed by atoms with Crippen LogP contribution in [0.3, 0.4) is 0 Å². The summed E-state index contributed by atoms with van der Waals surface area (Å²) in [5.74, 6) is -0.711. The van der Waals surface area contributed by atoms with Crippen molar-refractivity contribution in [3.63, 3.8) is 0 Å². The van der Waals surface area contributed by atoms with Gasteiger partial charge in [-0.05, 0) is 57.5 Å². The van der Waals surface area contributed by atoms with E-state index >= 15 is 0 Å². The maximum Gasteiger partial charge on any atom is 0.337 e. The summed E-state index contributed by atoms with van der Waals surface area (Å²) in [5.41, 5.74) is 2.48. The van der Waals surface area contributed by atoms with Gasteiger partial charge in [0, 0.05) is 17.7 Å². The van der Waals surface area contributed by atoms with E-state index in [4.69, 9.17) is 4.42 Å². The van der Waals surface area contributed by atoms with E-state index in [2.05, 4.69) is 0 Å². The molecule has 0 amide bonds. The number of nitrogens with zero attached hydrogens (tertiary/aromatic N) is 1. The van der Waals surface area contributed by atoms with Crippen LogP contribution in [0.4, 0.5) is 11.4 Å². The SMILES string of the molecule is CCN(c1ccccc1C(=O)O)c1cc(C)cc2c(=O)c(C)c([S+]([O-])CC)oc12. The summed E-state index contributed by atoms with van der Waals surface area (Å²) in [5, 5.41) is 10.2. The molecule has 1 unspecified atom stereocenters. The lowest BCUT2D eigenvalue weighted by atomic mass is 10.1. The Bertz CT molecular complexity index is 1140. The molecule has 0 aliphatic heterocycles. The minimum atomic E-state index is -1.43. The number of para-hydroxylation sites is 1. The Kier molecular flexibility index (Phi) is 6.00. The lowest BCUT2D eigenvalue weighted by molar-refractivity contribution is 0.0697. The number of benzene rings is 2. The van der Waals surface area contributed by atoms with Crippen LogP contribution in [0, 0.1) is 13.8 Å². The number of carbonyl (C=O) groups is 1. The predicted octanol–water partition coefficient (Wildman–Crippen LogP) is 4.39. The van der Waals surface area contributed by atoms with Gasteiger partial charge in [0.15, 0.2) is 5.58 Å². The lowest BCUT2D eigenvalue weighted by Crippen LogP contribution is -2.21. The fraction of sp³-hybridized carbons (Fsp3) is 0.273. The molecule has 152 valence electrons. The Morgan fingerprint density at radius 1 is 1.17 bits per heavy atom. The summed E-state index contributed by atoms with van der Waals surface area (Å²) in [6.07, 6.45) is 0. The van der Waals surface area contributed by atoms with Gasteiger partial charge in [-0.2, -0.15) is 0 Å². The Hall–Kier alpha value is -2.77. The maximum atomic E-state index is 13.0. The molecule has 7 heteroatoms. The van der Waals surface area contributed by atoms with E-state index in [9.17, 15) is 19.2 Å². The van der Waals surface area contributed by atoms with Crippen molar-refractivity contribution in [1.82, 2.24) is 0 Å². The zero-order valence-corrected chi connectivity index (χ0v) is 17.6. The molecule has 0 radical (unpaired) electrons. The average Bonchev–Trinajstić information content (AvgIpc) is 2.71. The molecule has 0 fully saturated rings. The second kappa shape index (κ2) is 8.31. The third-order valence-electron chi connectivity index (χ3n) is 4.80. The van der Waals surface area contributed by atoms with Crippen LogP contribution in [0.25, 0.3) is 11.0 Å². The van der Waals surface area contributed by atoms with Gasteiger partial charge in [-0.3, -0.25) is 4.79 Å². The van der Waals surface area contributed by atoms with Crippen molar-refractivity contribution in [2.75, 3.05) is 17.2 Å². The second-order valence-electron chi connectivity index (χ2n) is 6.71. The number of fused-ring (bicyclic) bond motifs is 1. The molecule has 29 heavy (non-hydrogen) atoms. The van der Waals surface area contributed by atoms with Crippen LogP contribution < -0.4 is 10.3 Å². The van der Waals surface area contributed by atoms with Gasteiger partial charge >= 0.3 is 11.1 Å². The molecule has 1 atom stereocenters. The largest absolute Gasteiger partial charge is 0.609 e. The van der Waals surface area contributed by atoms with E-state index < -0.39 is 17.1 Å². The summed E-state index contributed by atoms with van der Waals surface area (Å²) >= 11 is -1.43. The molecule has 1 N–H and O–H groups in total. The van der Waals surface area contributed by atoms with Gasteiger partial charge in [-0.25, -0.2) is 4.79 Å². The van der Waals surface area contributed by atoms with Gasteiger partial charge < -0.3 is 19.0 Å². The Balaban J connectivity index is 2.38. The zero-order chi connectivity index (χ0) is 21.3. The van der Waals surface area contributed by atoms with Gasteiger partial charge in [0.25, 0.3) is 0 Å². The van der Waals surface area contributed by atoms with Crippen molar-refractivity contribution in [2.24, 2.45) is 0 Å². The first-order valence-electron chi connectivity index (χ1n) is 9.36. The Labute approximate surface area is 172 Å². The van der Waals surface area contributed by atoms with Gasteiger partial charge in [0.05, 0.1) is 27.9 Å². The number of rotatable bonds is 6. The van der Waals surface area contributed by atoms with Gasteiger partial charge in [-0.15, -0.1) is 0 Å². The number of hydrogen-bond donors (Lipinski definition) is 1. The van der Waals surface area contributed by atoms with E-state index in [1.165, 1.54) is 6.07 Å². The molecule has 0 bridgehead atoms. The second-order valence-corrected chi connectivity index (χ2v) is 8.34. The van der Waals surface area contributed by atoms with Crippen molar-refractivity contribution in [3.05, 3.63) is 63.3 Å². The summed E-state index contributed by atoms with van der Waals surface area (Å²) < 4.78 is 18.5. The number of aryl methyl sites for hydroxylation is 1. The molecule has 6 nitrogen and oxygen atoms in total. The smallest absolute Gasteiger partial charge is 0.337 e. The number of carboxylic acids is 1. The molecular weight excluding hydrogens is 390 g/mol. The first-order chi connectivity index (χ1) is 13.8. The van der Waals surface area contributed by atoms with Crippen LogP contribution in [0.5, 0.6) is 0 Å². The van der Waals surface area contributed by atoms with E-state index in [-0.39, 0.29) is 16.1 Å². The average molecular weight is 413 g/mol. The van der Waals surface area contributed by atoms with E-state index in [0.29, 0.717) is 40.2 Å². The van der Waals surface area contributed by atoms with Crippen molar-refractivity contribution in [1.29, 1.82) is 0 Å². The highest BCUT2D eigenvalue weighted by molar-refractivity contribution is 7.91. The fourth-order valence-corrected chi connectivity index (χ4v) is 4.28. The Morgan fingerprint density at radius 3 is 2.48 bits per heavy atom. The van der Waals surface area contributed by atoms with Crippen LogP contribution in [0.15, 0.2) is 50.7 Å². The fourth-order valence-electron chi connectivity index (χ4n) is 3.40. The van der Waals surface area contributed by atoms with Crippen molar-refractivity contribution >= 4 is 39.5 Å². The predicted molar refractivity (Wildman–Crippen MR) is 115 cm³/mol. The maximum absolute atomic E-state index is 13.0. The molecule has 1 aromatic heterocycles. The topological polar surface area (TPSA) is 93.8 Å². The number of aromatic carboxylic acids is 1. The summed E-state index contributed by atoms with van der Waals surface area (Å²) in [4.78, 5) is 26.5. The monoisotopic (exact) mass is 413 g/mol. The molecule has 0 saturated heterocycles. The van der Waals surface area contributed by atoms with E-state index in [0.717, 1.165) is 5.56 Å². The molecule has 3 rings (SSSR count). The summed E-state index contributed by atoms with van der Waals surface area (Å²) in [6, 6.07) is 10.3. The highest BCUT2D eigenvalue weighted by Gasteiger charge is 2.25. The standard InChI is InChI=1S/C22H23NO5S/c1-5-23(17-10-8-7-9-15(17)21(25)26)18-12-13(3)11-16-19(24)14(4)22(28-20(16)18)29(27)6-2/h7-12H,5-6H2,1-4H3,(H,25,26). The number of carboxylic acid groups (broad SMARTS) is 1. The molecule has 0 saturated carbocycles. The van der Waals surface area contributed by atoms with Gasteiger partial charge in [-0.1, -0.05) is 12.1 Å². The number of anilines is 2. The summed E-state index contributed by atoms with van der Waals surface area (Å²) in [7, 11) is 0. The molecule has 3 aromatic rings. The normalized spacial score (nSPS) is 12.2. The lowest BCUT2D eigenvalue weighted by Gasteiger charge is -2.26. The molecule has 0 aliphatic rings. The first kappa shape index (κ1) is 21.0. The van der Waals surface area contributed by atoms with Crippen molar-refractivity contribution in [2.45, 2.75) is 32.8 Å². The minimum absolute atomic E-state index is 0.149. The molecular formula is C22H23NO5S. The van der Waals surface area contributed by atoms with Crippen LogP contribution in [0.2, 0.25) is 0 Å². The van der Waals surface area contributed by atoms with Crippen LogP contribution >= 0.6 is 0 Å². The van der Waals surface area contributed by atoms with Crippen LogP contribution in [0.1, 0.15) is 35.3 Å². The van der Waals surface area contributed by atoms with Crippen LogP contribution in [-0.4, -0.2) is 27.9 Å². The molecule has 2 aromatic carbocycles. The zero-order valence-electron chi connectivity index (χ0n) is 16.8. The van der Waals surface area contributed by atoms with E-state index in [1.54, 1.807) is 43.0 Å². The molecule has 0 spiro atoms. The van der Waals surface area contributed by atoms with Crippen LogP contribution in [-0.2, 0) is 11.2 Å². The van der Waals surface area contributed by atoms with Crippen molar-refractivity contribution in [3.8, 4) is 0 Å². The first-order valence-corrected chi connectivity index (χ1v) is 10.7. The highest BCUT2D eigenvalue weighted by Crippen LogP contribution is 2.36. The quantitative estimate of drug-likeness (QED) is 0.602. The van der Waals surface area contributed by atoms with Crippen molar-refractivity contribution < 1.29 is 18.9 Å². The highest BCUT2D eigenvalue weighted by atomic mass is 32.2. The third kappa shape index (κ3) is 3.75. The molecule has 0 aliphatic carbocycles. The third-order valence-corrected chi connectivity index (χ3v) is 6.13. The number of hydrogen-bond acceptors (Lipinski definition) is 5. The minimum Gasteiger partial charge on any atom is -0.609 e. The van der Waals surface area contributed by atoms with E-state index in [1.807, 2.05) is 19.9 Å². The van der Waals surface area contributed by atoms with Gasteiger partial charge in [0.2, 0.25) is 5.43 Å².